The molecule has 109 heavy (non-hydrogen) atoms. The zero-order chi connectivity index (χ0) is 74.1. The van der Waals surface area contributed by atoms with Gasteiger partial charge >= 0.3 is 0 Å². The Kier molecular flexibility index (Phi) is 18.9. The van der Waals surface area contributed by atoms with Crippen LogP contribution in [0, 0.1) is 48.5 Å². The molecular formula is C109H84. The van der Waals surface area contributed by atoms with Crippen LogP contribution in [0.5, 0.6) is 0 Å². The van der Waals surface area contributed by atoms with Gasteiger partial charge in [-0.1, -0.05) is 357 Å². The lowest BCUT2D eigenvalue weighted by Gasteiger charge is -2.12. The van der Waals surface area contributed by atoms with Gasteiger partial charge < -0.3 is 0 Å². The maximum Gasteiger partial charge on any atom is -0.00241 e. The van der Waals surface area contributed by atoms with Gasteiger partial charge in [-0.25, -0.2) is 0 Å². The predicted molar refractivity (Wildman–Crippen MR) is 481 cm³/mol. The van der Waals surface area contributed by atoms with E-state index in [1.807, 2.05) is 0 Å². The highest BCUT2D eigenvalue weighted by molar-refractivity contribution is 6.25. The smallest absolute Gasteiger partial charge is 0.00241 e. The molecule has 0 amide bonds. The highest BCUT2D eigenvalue weighted by Crippen LogP contribution is 2.39. The van der Waals surface area contributed by atoms with Crippen molar-refractivity contribution in [3.8, 4) is 0 Å². The topological polar surface area (TPSA) is 0 Å². The van der Waals surface area contributed by atoms with Crippen molar-refractivity contribution in [2.75, 3.05) is 0 Å². The van der Waals surface area contributed by atoms with Gasteiger partial charge in [-0.2, -0.15) is 0 Å². The summed E-state index contributed by atoms with van der Waals surface area (Å²) in [6, 6.07) is 137. The molecule has 0 saturated carbocycles. The van der Waals surface area contributed by atoms with Crippen LogP contribution < -0.4 is 0 Å². The number of fused-ring (bicyclic) bond motifs is 12. The molecular weight excluding hydrogens is 1310 g/mol. The molecule has 520 valence electrons. The molecule has 0 spiro atoms. The van der Waals surface area contributed by atoms with Gasteiger partial charge in [0, 0.05) is 0 Å². The van der Waals surface area contributed by atoms with Gasteiger partial charge in [-0.15, -0.1) is 0 Å². The first kappa shape index (κ1) is 68.8. The molecule has 0 aliphatic carbocycles. The summed E-state index contributed by atoms with van der Waals surface area (Å²) in [5, 5.41) is 43.2. The van der Waals surface area contributed by atoms with Crippen LogP contribution in [0.2, 0.25) is 0 Å². The zero-order valence-electron chi connectivity index (χ0n) is 62.9. The average molecular weight is 1390 g/mol. The molecule has 0 aliphatic rings. The van der Waals surface area contributed by atoms with Crippen molar-refractivity contribution in [3.05, 3.63) is 421 Å². The van der Waals surface area contributed by atoms with Crippen LogP contribution in [0.3, 0.4) is 0 Å². The fourth-order valence-electron chi connectivity index (χ4n) is 16.6. The van der Waals surface area contributed by atoms with Gasteiger partial charge in [0.25, 0.3) is 0 Å². The van der Waals surface area contributed by atoms with E-state index in [0.717, 1.165) is 0 Å². The van der Waals surface area contributed by atoms with Crippen molar-refractivity contribution < 1.29 is 0 Å². The minimum absolute atomic E-state index is 1.31. The molecule has 23 rings (SSSR count). The normalized spacial score (nSPS) is 11.3. The van der Waals surface area contributed by atoms with E-state index in [0.29, 0.717) is 0 Å². The van der Waals surface area contributed by atoms with Crippen LogP contribution in [0.4, 0.5) is 0 Å². The molecule has 0 heteroatoms. The van der Waals surface area contributed by atoms with Gasteiger partial charge in [0.2, 0.25) is 0 Å². The summed E-state index contributed by atoms with van der Waals surface area (Å²) < 4.78 is 0. The first-order valence-electron chi connectivity index (χ1n) is 38.1. The summed E-state index contributed by atoms with van der Waals surface area (Å²) in [7, 11) is 0. The van der Waals surface area contributed by atoms with Crippen LogP contribution in [0.15, 0.2) is 382 Å². The van der Waals surface area contributed by atoms with E-state index in [1.165, 1.54) is 211 Å². The van der Waals surface area contributed by atoms with Crippen molar-refractivity contribution in [2.24, 2.45) is 0 Å². The van der Waals surface area contributed by atoms with Crippen molar-refractivity contribution in [1.29, 1.82) is 0 Å². The summed E-state index contributed by atoms with van der Waals surface area (Å²) in [5.74, 6) is 0. The first-order valence-corrected chi connectivity index (χ1v) is 38.1. The molecule has 23 aromatic rings. The summed E-state index contributed by atoms with van der Waals surface area (Å²) in [4.78, 5) is 0. The van der Waals surface area contributed by atoms with E-state index in [2.05, 4.69) is 431 Å². The van der Waals surface area contributed by atoms with E-state index >= 15 is 0 Å². The largest absolute Gasteiger partial charge is 0.0616 e. The van der Waals surface area contributed by atoms with Crippen molar-refractivity contribution in [1.82, 2.24) is 0 Å². The van der Waals surface area contributed by atoms with Gasteiger partial charge in [0.1, 0.15) is 0 Å². The Morgan fingerprint density at radius 3 is 0.954 bits per heavy atom. The van der Waals surface area contributed by atoms with Crippen LogP contribution >= 0.6 is 0 Å². The molecule has 0 aliphatic heterocycles. The number of hydrogen-bond acceptors (Lipinski definition) is 0. The molecule has 0 fully saturated rings. The van der Waals surface area contributed by atoms with Crippen molar-refractivity contribution in [2.45, 2.75) is 48.5 Å². The van der Waals surface area contributed by atoms with E-state index in [1.54, 1.807) is 0 Å². The molecule has 0 atom stereocenters. The van der Waals surface area contributed by atoms with Crippen molar-refractivity contribution >= 4 is 172 Å². The van der Waals surface area contributed by atoms with Crippen LogP contribution in [-0.2, 0) is 0 Å². The van der Waals surface area contributed by atoms with Gasteiger partial charge in [0.05, 0.1) is 0 Å². The molecule has 0 bridgehead atoms. The number of rotatable bonds is 0. The first-order chi connectivity index (χ1) is 53.4. The maximum absolute atomic E-state index is 2.30. The Morgan fingerprint density at radius 1 is 0.119 bits per heavy atom. The zero-order valence-corrected chi connectivity index (χ0v) is 62.9. The highest BCUT2D eigenvalue weighted by Gasteiger charge is 2.12. The van der Waals surface area contributed by atoms with Crippen LogP contribution in [0.25, 0.3) is 172 Å². The number of hydrogen-bond donors (Lipinski definition) is 0. The lowest BCUT2D eigenvalue weighted by atomic mass is 9.92. The molecule has 0 radical (unpaired) electrons. The Bertz CT molecular complexity index is 7020. The predicted octanol–water partition coefficient (Wildman–Crippen LogP) is 31.3. The molecule has 0 nitrogen and oxygen atoms in total. The molecule has 0 heterocycles. The highest BCUT2D eigenvalue weighted by atomic mass is 14.2. The van der Waals surface area contributed by atoms with E-state index < -0.39 is 0 Å². The Morgan fingerprint density at radius 2 is 0.394 bits per heavy atom. The fraction of sp³-hybridized carbons (Fsp3) is 0.0642. The van der Waals surface area contributed by atoms with E-state index in [9.17, 15) is 0 Å². The molecule has 0 aromatic heterocycles. The summed E-state index contributed by atoms with van der Waals surface area (Å²) >= 11 is 0. The Balaban J connectivity index is 0.0000000930. The molecule has 0 N–H and O–H groups in total. The monoisotopic (exact) mass is 1390 g/mol. The number of benzene rings is 23. The SMILES string of the molecule is Cc1c2ccccc2cc2ccccc12.Cc1cc2cccc3ccc4cccc1c4c32.Cc1ccc2c(ccc3ccccc32)c1.Cc1ccc2ccc3cccc4ccc1c2c34.Cc1cccc2c1ccc1ccccc12.Cc1cccc2cc3ccccc3cc12.Cc1cccc2cc3ccccc3cc12. The maximum atomic E-state index is 2.30. The van der Waals surface area contributed by atoms with E-state index in [4.69, 9.17) is 0 Å². The third-order valence-corrected chi connectivity index (χ3v) is 22.3. The Hall–Kier alpha value is -13.3. The summed E-state index contributed by atoms with van der Waals surface area (Å²) in [6.07, 6.45) is 0. The van der Waals surface area contributed by atoms with Crippen molar-refractivity contribution in [3.63, 3.8) is 0 Å². The quantitative estimate of drug-likeness (QED) is 0.105. The van der Waals surface area contributed by atoms with Crippen LogP contribution in [-0.4, -0.2) is 0 Å². The lowest BCUT2D eigenvalue weighted by Crippen LogP contribution is -1.85. The fourth-order valence-corrected chi connectivity index (χ4v) is 16.6. The minimum atomic E-state index is 1.31. The lowest BCUT2D eigenvalue weighted by molar-refractivity contribution is 1.51. The minimum Gasteiger partial charge on any atom is -0.0616 e. The second kappa shape index (κ2) is 29.9. The average Bonchev–Trinajstić information content (AvgIpc) is 0.744. The second-order valence-electron chi connectivity index (χ2n) is 29.4. The molecule has 0 saturated heterocycles. The van der Waals surface area contributed by atoms with Crippen LogP contribution in [0.1, 0.15) is 38.9 Å². The number of aryl methyl sites for hydroxylation is 7. The third-order valence-electron chi connectivity index (χ3n) is 22.3. The Labute approximate surface area is 637 Å². The standard InChI is InChI=1S/2C17H12.5C15H12/c1-11-10-14-6-2-4-12-8-9-13-5-3-7-15(11)17(13)16(12)14;1-11-5-6-14-8-7-12-3-2-4-13-9-10-15(11)17(14)16(12)13;1-11-14-8-4-2-6-12(14)10-13-7-3-5-9-15(11)13;2*1-11-5-4-8-14-9-12-6-2-3-7-13(12)10-15(11)14;1-11-5-4-8-15-13(11)10-9-12-6-2-3-7-14(12)15;1-11-6-9-15-13(10-11)8-7-12-4-2-3-5-14(12)15/h2*2-10H,1H3;5*2-10H,1H3. The summed E-state index contributed by atoms with van der Waals surface area (Å²) in [5.41, 5.74) is 9.45. The summed E-state index contributed by atoms with van der Waals surface area (Å²) in [6.45, 7) is 15.2. The second-order valence-corrected chi connectivity index (χ2v) is 29.4. The van der Waals surface area contributed by atoms with Gasteiger partial charge in [0.15, 0.2) is 0 Å². The molecule has 23 aromatic carbocycles. The molecule has 0 unspecified atom stereocenters. The van der Waals surface area contributed by atoms with Gasteiger partial charge in [-0.3, -0.25) is 0 Å². The van der Waals surface area contributed by atoms with E-state index in [-0.39, 0.29) is 0 Å². The third kappa shape index (κ3) is 13.7. The van der Waals surface area contributed by atoms with Gasteiger partial charge in [-0.05, 0) is 285 Å².